The summed E-state index contributed by atoms with van der Waals surface area (Å²) in [7, 11) is 1.66. The van der Waals surface area contributed by atoms with Gasteiger partial charge in [0.05, 0.1) is 7.11 Å². The van der Waals surface area contributed by atoms with Crippen LogP contribution in [-0.2, 0) is 6.42 Å². The number of carbonyl (C=O) groups is 1. The topological polar surface area (TPSA) is 41.6 Å². The zero-order valence-electron chi connectivity index (χ0n) is 12.1. The van der Waals surface area contributed by atoms with Crippen molar-refractivity contribution in [2.45, 2.75) is 27.2 Å². The van der Waals surface area contributed by atoms with Gasteiger partial charge in [-0.25, -0.2) is 4.79 Å². The molecule has 1 N–H and O–H groups in total. The summed E-state index contributed by atoms with van der Waals surface area (Å²) in [6.07, 6.45) is 0.884. The van der Waals surface area contributed by atoms with E-state index in [1.165, 1.54) is 5.56 Å². The van der Waals surface area contributed by atoms with Crippen molar-refractivity contribution < 1.29 is 9.53 Å². The summed E-state index contributed by atoms with van der Waals surface area (Å²) < 4.78 is 5.21. The number of nitrogens with zero attached hydrogens (tertiary/aromatic N) is 1. The second-order valence-corrected chi connectivity index (χ2v) is 6.12. The van der Waals surface area contributed by atoms with Crippen molar-refractivity contribution in [2.75, 3.05) is 25.1 Å². The van der Waals surface area contributed by atoms with E-state index in [0.717, 1.165) is 24.4 Å². The van der Waals surface area contributed by atoms with Crippen LogP contribution in [0.2, 0.25) is 0 Å². The highest BCUT2D eigenvalue weighted by molar-refractivity contribution is 5.94. The summed E-state index contributed by atoms with van der Waals surface area (Å²) in [5.74, 6) is 0.843. The molecular formula is C15H22N2O2. The van der Waals surface area contributed by atoms with E-state index in [1.54, 1.807) is 12.0 Å². The van der Waals surface area contributed by atoms with E-state index in [1.807, 2.05) is 18.2 Å². The van der Waals surface area contributed by atoms with Crippen LogP contribution in [0.3, 0.4) is 0 Å². The molecule has 0 radical (unpaired) electrons. The quantitative estimate of drug-likeness (QED) is 0.890. The summed E-state index contributed by atoms with van der Waals surface area (Å²) in [5, 5.41) is 2.99. The third kappa shape index (κ3) is 3.19. The molecule has 2 rings (SSSR count). The maximum atomic E-state index is 12.2. The predicted molar refractivity (Wildman–Crippen MR) is 76.9 cm³/mol. The number of ether oxygens (including phenoxy) is 1. The predicted octanol–water partition coefficient (Wildman–Crippen LogP) is 2.81. The molecule has 0 atom stereocenters. The molecule has 0 saturated carbocycles. The Morgan fingerprint density at radius 3 is 2.79 bits per heavy atom. The second kappa shape index (κ2) is 5.11. The number of benzene rings is 1. The number of carbonyl (C=O) groups excluding carboxylic acids is 1. The van der Waals surface area contributed by atoms with Crippen LogP contribution in [0.1, 0.15) is 26.3 Å². The van der Waals surface area contributed by atoms with E-state index >= 15 is 0 Å². The molecule has 0 aliphatic carbocycles. The number of nitrogens with one attached hydrogen (secondary N) is 1. The average molecular weight is 262 g/mol. The number of hydrogen-bond donors (Lipinski definition) is 1. The first-order chi connectivity index (χ1) is 8.90. The van der Waals surface area contributed by atoms with Crippen LogP contribution in [0.5, 0.6) is 5.75 Å². The van der Waals surface area contributed by atoms with Gasteiger partial charge in [0.15, 0.2) is 0 Å². The zero-order valence-corrected chi connectivity index (χ0v) is 12.1. The third-order valence-electron chi connectivity index (χ3n) is 3.20. The SMILES string of the molecule is COc1ccc2c(c1)CCN2C(=O)NCC(C)(C)C. The fraction of sp³-hybridized carbons (Fsp3) is 0.533. The third-order valence-corrected chi connectivity index (χ3v) is 3.20. The summed E-state index contributed by atoms with van der Waals surface area (Å²) >= 11 is 0. The number of fused-ring (bicyclic) bond motifs is 1. The van der Waals surface area contributed by atoms with E-state index in [9.17, 15) is 4.79 Å². The highest BCUT2D eigenvalue weighted by atomic mass is 16.5. The Labute approximate surface area is 114 Å². The molecule has 19 heavy (non-hydrogen) atoms. The molecule has 1 aliphatic rings. The van der Waals surface area contributed by atoms with Gasteiger partial charge in [-0.2, -0.15) is 0 Å². The normalized spacial score (nSPS) is 14.2. The first kappa shape index (κ1) is 13.7. The maximum absolute atomic E-state index is 12.2. The summed E-state index contributed by atoms with van der Waals surface area (Å²) in [5.41, 5.74) is 2.26. The van der Waals surface area contributed by atoms with Crippen LogP contribution in [-0.4, -0.2) is 26.2 Å². The van der Waals surface area contributed by atoms with Gasteiger partial charge in [-0.05, 0) is 35.6 Å². The van der Waals surface area contributed by atoms with Gasteiger partial charge >= 0.3 is 6.03 Å². The summed E-state index contributed by atoms with van der Waals surface area (Å²) in [6, 6.07) is 5.84. The molecule has 2 amide bonds. The molecule has 0 aromatic heterocycles. The van der Waals surface area contributed by atoms with Crippen LogP contribution in [0.25, 0.3) is 0 Å². The number of rotatable bonds is 2. The minimum absolute atomic E-state index is 0.0150. The van der Waals surface area contributed by atoms with Crippen LogP contribution in [0.15, 0.2) is 18.2 Å². The second-order valence-electron chi connectivity index (χ2n) is 6.12. The average Bonchev–Trinajstić information content (AvgIpc) is 2.77. The first-order valence-corrected chi connectivity index (χ1v) is 6.63. The van der Waals surface area contributed by atoms with Crippen LogP contribution in [0, 0.1) is 5.41 Å². The maximum Gasteiger partial charge on any atom is 0.321 e. The van der Waals surface area contributed by atoms with Crippen LogP contribution in [0.4, 0.5) is 10.5 Å². The van der Waals surface area contributed by atoms with E-state index in [2.05, 4.69) is 26.1 Å². The Bertz CT molecular complexity index is 478. The van der Waals surface area contributed by atoms with Gasteiger partial charge < -0.3 is 10.1 Å². The monoisotopic (exact) mass is 262 g/mol. The molecule has 0 spiro atoms. The number of urea groups is 1. The van der Waals surface area contributed by atoms with Crippen molar-refractivity contribution >= 4 is 11.7 Å². The number of amides is 2. The van der Waals surface area contributed by atoms with Gasteiger partial charge in [-0.15, -0.1) is 0 Å². The number of anilines is 1. The van der Waals surface area contributed by atoms with Crippen molar-refractivity contribution in [2.24, 2.45) is 5.41 Å². The molecule has 1 aromatic carbocycles. The molecule has 4 heteroatoms. The first-order valence-electron chi connectivity index (χ1n) is 6.63. The largest absolute Gasteiger partial charge is 0.497 e. The van der Waals surface area contributed by atoms with Crippen molar-refractivity contribution in [3.8, 4) is 5.75 Å². The van der Waals surface area contributed by atoms with Gasteiger partial charge in [0.2, 0.25) is 0 Å². The minimum Gasteiger partial charge on any atom is -0.497 e. The Kier molecular flexibility index (Phi) is 3.69. The molecule has 0 saturated heterocycles. The van der Waals surface area contributed by atoms with Gasteiger partial charge in [0.25, 0.3) is 0 Å². The Morgan fingerprint density at radius 2 is 2.16 bits per heavy atom. The van der Waals surface area contributed by atoms with Crippen molar-refractivity contribution in [1.29, 1.82) is 0 Å². The molecule has 0 unspecified atom stereocenters. The number of methoxy groups -OCH3 is 1. The van der Waals surface area contributed by atoms with E-state index in [-0.39, 0.29) is 11.4 Å². The standard InChI is InChI=1S/C15H22N2O2/c1-15(2,3)10-16-14(18)17-8-7-11-9-12(19-4)5-6-13(11)17/h5-6,9H,7-8,10H2,1-4H3,(H,16,18). The highest BCUT2D eigenvalue weighted by Gasteiger charge is 2.25. The Balaban J connectivity index is 2.07. The lowest BCUT2D eigenvalue weighted by Crippen LogP contribution is -2.42. The fourth-order valence-corrected chi connectivity index (χ4v) is 2.15. The summed E-state index contributed by atoms with van der Waals surface area (Å²) in [4.78, 5) is 14.0. The lowest BCUT2D eigenvalue weighted by molar-refractivity contribution is 0.241. The van der Waals surface area contributed by atoms with Gasteiger partial charge in [0, 0.05) is 18.8 Å². The minimum atomic E-state index is -0.0150. The molecule has 0 fully saturated rings. The lowest BCUT2D eigenvalue weighted by atomic mass is 9.97. The van der Waals surface area contributed by atoms with Gasteiger partial charge in [-0.3, -0.25) is 4.90 Å². The summed E-state index contributed by atoms with van der Waals surface area (Å²) in [6.45, 7) is 7.73. The van der Waals surface area contributed by atoms with Crippen LogP contribution < -0.4 is 15.0 Å². The molecule has 4 nitrogen and oxygen atoms in total. The van der Waals surface area contributed by atoms with Gasteiger partial charge in [0.1, 0.15) is 5.75 Å². The Morgan fingerprint density at radius 1 is 1.42 bits per heavy atom. The van der Waals surface area contributed by atoms with Crippen LogP contribution >= 0.6 is 0 Å². The van der Waals surface area contributed by atoms with Crippen molar-refractivity contribution in [3.05, 3.63) is 23.8 Å². The molecule has 0 bridgehead atoms. The van der Waals surface area contributed by atoms with E-state index in [4.69, 9.17) is 4.74 Å². The van der Waals surface area contributed by atoms with Crippen molar-refractivity contribution in [3.63, 3.8) is 0 Å². The molecule has 1 aliphatic heterocycles. The van der Waals surface area contributed by atoms with E-state index in [0.29, 0.717) is 6.54 Å². The smallest absolute Gasteiger partial charge is 0.321 e. The van der Waals surface area contributed by atoms with E-state index < -0.39 is 0 Å². The Hall–Kier alpha value is -1.71. The highest BCUT2D eigenvalue weighted by Crippen LogP contribution is 2.31. The van der Waals surface area contributed by atoms with Gasteiger partial charge in [-0.1, -0.05) is 20.8 Å². The lowest BCUT2D eigenvalue weighted by Gasteiger charge is -2.23. The number of hydrogen-bond acceptors (Lipinski definition) is 2. The molecular weight excluding hydrogens is 240 g/mol. The zero-order chi connectivity index (χ0) is 14.0. The van der Waals surface area contributed by atoms with Crippen molar-refractivity contribution in [1.82, 2.24) is 5.32 Å². The fourth-order valence-electron chi connectivity index (χ4n) is 2.15. The molecule has 1 aromatic rings. The molecule has 1 heterocycles. The molecule has 104 valence electrons.